The molecule has 1 aromatic heterocycles. The summed E-state index contributed by atoms with van der Waals surface area (Å²) in [7, 11) is 0. The van der Waals surface area contributed by atoms with E-state index in [0.29, 0.717) is 5.03 Å². The van der Waals surface area contributed by atoms with Crippen LogP contribution in [0.5, 0.6) is 0 Å². The van der Waals surface area contributed by atoms with Crippen LogP contribution >= 0.6 is 11.8 Å². The van der Waals surface area contributed by atoms with E-state index in [2.05, 4.69) is 4.98 Å². The van der Waals surface area contributed by atoms with Crippen molar-refractivity contribution in [3.63, 3.8) is 0 Å². The first-order chi connectivity index (χ1) is 10.1. The minimum absolute atomic E-state index is 0.0502. The van der Waals surface area contributed by atoms with Crippen LogP contribution in [0.15, 0.2) is 64.5 Å². The van der Waals surface area contributed by atoms with Gasteiger partial charge in [-0.1, -0.05) is 42.1 Å². The monoisotopic (exact) mass is 297 g/mol. The molecule has 21 heavy (non-hydrogen) atoms. The molecular weight excluding hydrogens is 286 g/mol. The number of anilines is 1. The lowest BCUT2D eigenvalue weighted by Crippen LogP contribution is -1.95. The third-order valence-electron chi connectivity index (χ3n) is 2.96. The second kappa shape index (κ2) is 5.41. The Morgan fingerprint density at radius 1 is 1.05 bits per heavy atom. The molecule has 0 unspecified atom stereocenters. The zero-order valence-corrected chi connectivity index (χ0v) is 11.7. The number of nitrogens with zero attached hydrogens (tertiary/aromatic N) is 2. The van der Waals surface area contributed by atoms with Gasteiger partial charge in [0.25, 0.3) is 5.69 Å². The molecule has 5 nitrogen and oxygen atoms in total. The topological polar surface area (TPSA) is 82.0 Å². The maximum Gasteiger partial charge on any atom is 0.275 e. The summed E-state index contributed by atoms with van der Waals surface area (Å²) < 4.78 is 0. The van der Waals surface area contributed by atoms with Gasteiger partial charge in [0.1, 0.15) is 10.8 Å². The Balaban J connectivity index is 1.96. The Morgan fingerprint density at radius 2 is 1.81 bits per heavy atom. The number of nitrogen functional groups attached to an aromatic ring is 1. The van der Waals surface area contributed by atoms with Crippen LogP contribution in [0.4, 0.5) is 11.5 Å². The number of rotatable bonds is 3. The zero-order valence-electron chi connectivity index (χ0n) is 10.9. The Hall–Kier alpha value is -2.60. The lowest BCUT2D eigenvalue weighted by Gasteiger charge is -2.04. The number of fused-ring (bicyclic) bond motifs is 1. The lowest BCUT2D eigenvalue weighted by atomic mass is 10.1. The van der Waals surface area contributed by atoms with Crippen molar-refractivity contribution in [2.24, 2.45) is 0 Å². The van der Waals surface area contributed by atoms with Crippen molar-refractivity contribution in [1.82, 2.24) is 4.98 Å². The van der Waals surface area contributed by atoms with E-state index in [1.165, 1.54) is 23.9 Å². The molecule has 0 radical (unpaired) electrons. The smallest absolute Gasteiger partial charge is 0.275 e. The maximum absolute atomic E-state index is 10.8. The van der Waals surface area contributed by atoms with Crippen LogP contribution < -0.4 is 5.73 Å². The van der Waals surface area contributed by atoms with Crippen LogP contribution in [-0.2, 0) is 0 Å². The Morgan fingerprint density at radius 3 is 2.57 bits per heavy atom. The van der Waals surface area contributed by atoms with Crippen LogP contribution in [-0.4, -0.2) is 9.91 Å². The highest BCUT2D eigenvalue weighted by molar-refractivity contribution is 7.99. The van der Waals surface area contributed by atoms with E-state index >= 15 is 0 Å². The molecule has 0 spiro atoms. The summed E-state index contributed by atoms with van der Waals surface area (Å²) >= 11 is 1.35. The van der Waals surface area contributed by atoms with E-state index in [4.69, 9.17) is 5.73 Å². The Bertz CT molecular complexity index is 836. The van der Waals surface area contributed by atoms with E-state index in [1.807, 2.05) is 42.5 Å². The van der Waals surface area contributed by atoms with Gasteiger partial charge < -0.3 is 5.73 Å². The van der Waals surface area contributed by atoms with Crippen molar-refractivity contribution in [3.05, 3.63) is 64.7 Å². The van der Waals surface area contributed by atoms with Gasteiger partial charge in [0, 0.05) is 11.0 Å². The molecule has 0 atom stereocenters. The van der Waals surface area contributed by atoms with Crippen LogP contribution in [0, 0.1) is 10.1 Å². The van der Waals surface area contributed by atoms with Gasteiger partial charge in [-0.25, -0.2) is 4.98 Å². The third-order valence-corrected chi connectivity index (χ3v) is 3.87. The van der Waals surface area contributed by atoms with Crippen molar-refractivity contribution in [3.8, 4) is 0 Å². The molecule has 0 saturated heterocycles. The van der Waals surface area contributed by atoms with E-state index in [9.17, 15) is 10.1 Å². The number of nitrogens with two attached hydrogens (primary N) is 1. The van der Waals surface area contributed by atoms with Gasteiger partial charge in [-0.3, -0.25) is 10.1 Å². The summed E-state index contributed by atoms with van der Waals surface area (Å²) in [5.74, 6) is 0.146. The summed E-state index contributed by atoms with van der Waals surface area (Å²) in [6.07, 6.45) is 0. The molecule has 1 heterocycles. The fourth-order valence-electron chi connectivity index (χ4n) is 2.02. The largest absolute Gasteiger partial charge is 0.383 e. The zero-order chi connectivity index (χ0) is 14.8. The predicted octanol–water partition coefficient (Wildman–Crippen LogP) is 3.88. The van der Waals surface area contributed by atoms with Gasteiger partial charge in [-0.05, 0) is 22.9 Å². The highest BCUT2D eigenvalue weighted by Crippen LogP contribution is 2.31. The molecule has 2 N–H and O–H groups in total. The van der Waals surface area contributed by atoms with E-state index in [1.54, 1.807) is 0 Å². The van der Waals surface area contributed by atoms with Crippen LogP contribution in [0.1, 0.15) is 0 Å². The fourth-order valence-corrected chi connectivity index (χ4v) is 2.92. The second-order valence-electron chi connectivity index (χ2n) is 4.46. The number of nitro groups is 1. The van der Waals surface area contributed by atoms with Crippen molar-refractivity contribution < 1.29 is 4.92 Å². The molecule has 104 valence electrons. The normalized spacial score (nSPS) is 10.7. The molecule has 0 aliphatic carbocycles. The van der Waals surface area contributed by atoms with Crippen LogP contribution in [0.25, 0.3) is 10.8 Å². The van der Waals surface area contributed by atoms with Gasteiger partial charge in [-0.2, -0.15) is 0 Å². The molecular formula is C15H11N3O2S. The van der Waals surface area contributed by atoms with Crippen molar-refractivity contribution in [1.29, 1.82) is 0 Å². The molecule has 0 bridgehead atoms. The van der Waals surface area contributed by atoms with E-state index < -0.39 is 4.92 Å². The average Bonchev–Trinajstić information content (AvgIpc) is 2.46. The number of hydrogen-bond acceptors (Lipinski definition) is 5. The first kappa shape index (κ1) is 13.4. The molecule has 3 rings (SSSR count). The summed E-state index contributed by atoms with van der Waals surface area (Å²) in [6, 6.07) is 16.7. The number of benzene rings is 2. The summed E-state index contributed by atoms with van der Waals surface area (Å²) in [5.41, 5.74) is 5.56. The lowest BCUT2D eigenvalue weighted by molar-refractivity contribution is -0.385. The highest BCUT2D eigenvalue weighted by Gasteiger charge is 2.11. The van der Waals surface area contributed by atoms with Crippen molar-refractivity contribution >= 4 is 34.0 Å². The van der Waals surface area contributed by atoms with Crippen LogP contribution in [0.3, 0.4) is 0 Å². The molecule has 2 aromatic carbocycles. The van der Waals surface area contributed by atoms with Crippen LogP contribution in [0.2, 0.25) is 0 Å². The Labute approximate surface area is 125 Å². The van der Waals surface area contributed by atoms with Gasteiger partial charge in [0.15, 0.2) is 0 Å². The average molecular weight is 297 g/mol. The third kappa shape index (κ3) is 2.95. The SMILES string of the molecule is Nc1cc([N+](=O)[O-])cc(Sc2ccc3ccccc3c2)n1. The number of pyridine rings is 1. The first-order valence-corrected chi connectivity index (χ1v) is 7.02. The van der Waals surface area contributed by atoms with Gasteiger partial charge >= 0.3 is 0 Å². The standard InChI is InChI=1S/C15H11N3O2S/c16-14-8-12(18(19)20)9-15(17-14)21-13-6-5-10-3-1-2-4-11(10)7-13/h1-9H,(H2,16,17). The highest BCUT2D eigenvalue weighted by atomic mass is 32.2. The molecule has 0 aliphatic heterocycles. The van der Waals surface area contributed by atoms with Gasteiger partial charge in [0.05, 0.1) is 11.0 Å². The van der Waals surface area contributed by atoms with E-state index in [0.717, 1.165) is 15.7 Å². The van der Waals surface area contributed by atoms with Crippen molar-refractivity contribution in [2.45, 2.75) is 9.92 Å². The molecule has 0 aliphatic rings. The van der Waals surface area contributed by atoms with Gasteiger partial charge in [0.2, 0.25) is 0 Å². The second-order valence-corrected chi connectivity index (χ2v) is 5.55. The number of hydrogen-bond donors (Lipinski definition) is 1. The van der Waals surface area contributed by atoms with Crippen molar-refractivity contribution in [2.75, 3.05) is 5.73 Å². The molecule has 0 amide bonds. The van der Waals surface area contributed by atoms with E-state index in [-0.39, 0.29) is 11.5 Å². The fraction of sp³-hybridized carbons (Fsp3) is 0. The maximum atomic E-state index is 10.8. The molecule has 6 heteroatoms. The summed E-state index contributed by atoms with van der Waals surface area (Å²) in [6.45, 7) is 0. The first-order valence-electron chi connectivity index (χ1n) is 6.20. The molecule has 0 saturated carbocycles. The summed E-state index contributed by atoms with van der Waals surface area (Å²) in [4.78, 5) is 15.5. The molecule has 0 fully saturated rings. The number of aromatic nitrogens is 1. The summed E-state index contributed by atoms with van der Waals surface area (Å²) in [5, 5.41) is 13.6. The Kier molecular flexibility index (Phi) is 3.45. The van der Waals surface area contributed by atoms with Gasteiger partial charge in [-0.15, -0.1) is 0 Å². The minimum Gasteiger partial charge on any atom is -0.383 e. The minimum atomic E-state index is -0.470. The quantitative estimate of drug-likeness (QED) is 0.586. The predicted molar refractivity (Wildman–Crippen MR) is 83.4 cm³/mol. The molecule has 3 aromatic rings.